The van der Waals surface area contributed by atoms with Gasteiger partial charge in [0.1, 0.15) is 5.92 Å². The highest BCUT2D eigenvalue weighted by Gasteiger charge is 2.48. The number of nitrogens with zero attached hydrogens (tertiary/aromatic N) is 1. The summed E-state index contributed by atoms with van der Waals surface area (Å²) in [5, 5.41) is 9.70. The van der Waals surface area contributed by atoms with E-state index in [1.165, 1.54) is 0 Å². The van der Waals surface area contributed by atoms with E-state index in [1.807, 2.05) is 13.8 Å². The quantitative estimate of drug-likeness (QED) is 0.816. The van der Waals surface area contributed by atoms with Crippen LogP contribution in [0.4, 0.5) is 0 Å². The van der Waals surface area contributed by atoms with Crippen LogP contribution in [0.2, 0.25) is 0 Å². The molecule has 2 rings (SSSR count). The molecule has 0 saturated carbocycles. The smallest absolute Gasteiger partial charge is 0.313 e. The molecule has 0 radical (unpaired) electrons. The first-order valence-electron chi connectivity index (χ1n) is 8.05. The Morgan fingerprint density at radius 1 is 1.23 bits per heavy atom. The molecule has 0 fully saturated rings. The van der Waals surface area contributed by atoms with E-state index >= 15 is 0 Å². The Bertz CT molecular complexity index is 565. The number of rotatable bonds is 6. The van der Waals surface area contributed by atoms with Crippen LogP contribution < -0.4 is 0 Å². The van der Waals surface area contributed by atoms with E-state index in [4.69, 9.17) is 0 Å². The molecule has 1 aliphatic heterocycles. The van der Waals surface area contributed by atoms with Crippen molar-refractivity contribution in [3.05, 3.63) is 35.4 Å². The predicted octanol–water partition coefficient (Wildman–Crippen LogP) is 3.67. The maximum atomic E-state index is 12.8. The summed E-state index contributed by atoms with van der Waals surface area (Å²) in [6, 6.07) is 7.10. The molecule has 1 N–H and O–H groups in total. The zero-order valence-corrected chi connectivity index (χ0v) is 13.6. The Kier molecular flexibility index (Phi) is 4.89. The highest BCUT2D eigenvalue weighted by atomic mass is 16.4. The first-order valence-corrected chi connectivity index (χ1v) is 8.05. The van der Waals surface area contributed by atoms with E-state index in [9.17, 15) is 14.7 Å². The first-order chi connectivity index (χ1) is 10.4. The van der Waals surface area contributed by atoms with E-state index < -0.39 is 17.4 Å². The molecule has 0 aromatic heterocycles. The van der Waals surface area contributed by atoms with E-state index in [0.29, 0.717) is 17.7 Å². The summed E-state index contributed by atoms with van der Waals surface area (Å²) in [5.74, 6) is -1.61. The Balaban J connectivity index is 2.35. The predicted molar refractivity (Wildman–Crippen MR) is 86.1 cm³/mol. The number of carbonyl (C=O) groups is 2. The molecule has 0 aliphatic carbocycles. The summed E-state index contributed by atoms with van der Waals surface area (Å²) < 4.78 is 0. The lowest BCUT2D eigenvalue weighted by molar-refractivity contribution is -0.142. The molecule has 1 aliphatic rings. The van der Waals surface area contributed by atoms with Crippen molar-refractivity contribution in [3.8, 4) is 0 Å². The number of carbonyl (C=O) groups excluding carboxylic acids is 1. The average molecular weight is 303 g/mol. The summed E-state index contributed by atoms with van der Waals surface area (Å²) in [6.07, 6.45) is 4.26. The Labute approximate surface area is 132 Å². The molecular weight excluding hydrogens is 278 g/mol. The first kappa shape index (κ1) is 16.5. The molecule has 1 aromatic carbocycles. The molecule has 0 spiro atoms. The Morgan fingerprint density at radius 3 is 2.55 bits per heavy atom. The maximum absolute atomic E-state index is 12.8. The van der Waals surface area contributed by atoms with E-state index in [0.717, 1.165) is 25.7 Å². The summed E-state index contributed by atoms with van der Waals surface area (Å²) in [4.78, 5) is 26.4. The van der Waals surface area contributed by atoms with Crippen molar-refractivity contribution in [1.29, 1.82) is 0 Å². The average Bonchev–Trinajstić information content (AvgIpc) is 2.45. The van der Waals surface area contributed by atoms with Gasteiger partial charge >= 0.3 is 5.97 Å². The molecule has 4 heteroatoms. The molecule has 120 valence electrons. The van der Waals surface area contributed by atoms with Crippen LogP contribution in [0.15, 0.2) is 24.3 Å². The van der Waals surface area contributed by atoms with Gasteiger partial charge in [-0.3, -0.25) is 9.59 Å². The van der Waals surface area contributed by atoms with Gasteiger partial charge in [0.05, 0.1) is 5.54 Å². The molecule has 1 atom stereocenters. The molecule has 22 heavy (non-hydrogen) atoms. The standard InChI is InChI=1S/C18H25NO3/c1-4-5-6-9-12-19-16(20)14-11-8-7-10-13(14)15(17(21)22)18(19,2)3/h7-8,10-11,15H,4-6,9,12H2,1-3H3,(H,21,22). The largest absolute Gasteiger partial charge is 0.481 e. The third-order valence-corrected chi connectivity index (χ3v) is 4.63. The van der Waals surface area contributed by atoms with Crippen molar-refractivity contribution in [2.45, 2.75) is 57.9 Å². The normalized spacial score (nSPS) is 19.9. The van der Waals surface area contributed by atoms with Gasteiger partial charge < -0.3 is 10.0 Å². The zero-order chi connectivity index (χ0) is 16.3. The van der Waals surface area contributed by atoms with Crippen LogP contribution in [0.5, 0.6) is 0 Å². The van der Waals surface area contributed by atoms with E-state index in [1.54, 1.807) is 29.2 Å². The number of hydrogen-bond donors (Lipinski definition) is 1. The summed E-state index contributed by atoms with van der Waals surface area (Å²) in [6.45, 7) is 6.48. The molecular formula is C18H25NO3. The third-order valence-electron chi connectivity index (χ3n) is 4.63. The van der Waals surface area contributed by atoms with Gasteiger partial charge in [-0.05, 0) is 31.9 Å². The lowest BCUT2D eigenvalue weighted by Gasteiger charge is -2.47. The maximum Gasteiger partial charge on any atom is 0.313 e. The minimum Gasteiger partial charge on any atom is -0.481 e. The van der Waals surface area contributed by atoms with Gasteiger partial charge in [0.25, 0.3) is 5.91 Å². The van der Waals surface area contributed by atoms with Crippen LogP contribution >= 0.6 is 0 Å². The summed E-state index contributed by atoms with van der Waals surface area (Å²) >= 11 is 0. The lowest BCUT2D eigenvalue weighted by Crippen LogP contribution is -2.57. The fourth-order valence-electron chi connectivity index (χ4n) is 3.41. The van der Waals surface area contributed by atoms with Gasteiger partial charge in [-0.25, -0.2) is 0 Å². The number of carboxylic acid groups (broad SMARTS) is 1. The van der Waals surface area contributed by atoms with Gasteiger partial charge in [-0.1, -0.05) is 44.4 Å². The molecule has 1 aromatic rings. The van der Waals surface area contributed by atoms with Gasteiger partial charge in [0.15, 0.2) is 0 Å². The molecule has 4 nitrogen and oxygen atoms in total. The number of hydrogen-bond acceptors (Lipinski definition) is 2. The van der Waals surface area contributed by atoms with Crippen molar-refractivity contribution >= 4 is 11.9 Å². The van der Waals surface area contributed by atoms with Gasteiger partial charge in [-0.2, -0.15) is 0 Å². The molecule has 1 unspecified atom stereocenters. The lowest BCUT2D eigenvalue weighted by atomic mass is 9.75. The van der Waals surface area contributed by atoms with Crippen LogP contribution in [0.3, 0.4) is 0 Å². The van der Waals surface area contributed by atoms with Crippen LogP contribution in [-0.4, -0.2) is 34.0 Å². The van der Waals surface area contributed by atoms with Crippen LogP contribution in [0.1, 0.15) is 68.3 Å². The number of carboxylic acids is 1. The summed E-state index contributed by atoms with van der Waals surface area (Å²) in [5.41, 5.74) is 0.447. The van der Waals surface area contributed by atoms with Crippen molar-refractivity contribution < 1.29 is 14.7 Å². The van der Waals surface area contributed by atoms with E-state index in [-0.39, 0.29) is 5.91 Å². The second kappa shape index (κ2) is 6.51. The van der Waals surface area contributed by atoms with Crippen molar-refractivity contribution in [2.24, 2.45) is 0 Å². The number of benzene rings is 1. The fourth-order valence-corrected chi connectivity index (χ4v) is 3.41. The minimum absolute atomic E-state index is 0.0467. The second-order valence-electron chi connectivity index (χ2n) is 6.53. The van der Waals surface area contributed by atoms with Crippen molar-refractivity contribution in [3.63, 3.8) is 0 Å². The Morgan fingerprint density at radius 2 is 1.91 bits per heavy atom. The van der Waals surface area contributed by atoms with Crippen LogP contribution in [0.25, 0.3) is 0 Å². The zero-order valence-electron chi connectivity index (χ0n) is 13.6. The number of aliphatic carboxylic acids is 1. The SMILES string of the molecule is CCCCCCN1C(=O)c2ccccc2C(C(=O)O)C1(C)C. The molecule has 0 bridgehead atoms. The highest BCUT2D eigenvalue weighted by molar-refractivity contribution is 6.00. The van der Waals surface area contributed by atoms with Gasteiger partial charge in [0.2, 0.25) is 0 Å². The topological polar surface area (TPSA) is 57.6 Å². The van der Waals surface area contributed by atoms with Crippen LogP contribution in [-0.2, 0) is 4.79 Å². The third kappa shape index (κ3) is 2.87. The Hall–Kier alpha value is -1.84. The molecule has 1 heterocycles. The van der Waals surface area contributed by atoms with Gasteiger partial charge in [0, 0.05) is 12.1 Å². The van der Waals surface area contributed by atoms with Gasteiger partial charge in [-0.15, -0.1) is 0 Å². The van der Waals surface area contributed by atoms with Crippen LogP contribution in [0, 0.1) is 0 Å². The highest BCUT2D eigenvalue weighted by Crippen LogP contribution is 2.40. The van der Waals surface area contributed by atoms with Crippen molar-refractivity contribution in [1.82, 2.24) is 4.90 Å². The number of fused-ring (bicyclic) bond motifs is 1. The second-order valence-corrected chi connectivity index (χ2v) is 6.53. The molecule has 1 amide bonds. The number of amides is 1. The minimum atomic E-state index is -0.872. The summed E-state index contributed by atoms with van der Waals surface area (Å²) in [7, 11) is 0. The monoisotopic (exact) mass is 303 g/mol. The molecule has 0 saturated heterocycles. The number of unbranched alkanes of at least 4 members (excludes halogenated alkanes) is 3. The van der Waals surface area contributed by atoms with Crippen molar-refractivity contribution in [2.75, 3.05) is 6.54 Å². The fraction of sp³-hybridized carbons (Fsp3) is 0.556. The van der Waals surface area contributed by atoms with E-state index in [2.05, 4.69) is 6.92 Å².